The summed E-state index contributed by atoms with van der Waals surface area (Å²) in [5, 5.41) is 0. The van der Waals surface area contributed by atoms with Crippen molar-refractivity contribution in [1.82, 2.24) is 0 Å². The maximum Gasteiger partial charge on any atom is 0.207 e. The zero-order chi connectivity index (χ0) is 10.6. The third-order valence-corrected chi connectivity index (χ3v) is 4.85. The molecule has 0 radical (unpaired) electrons. The Hall–Kier alpha value is -0.590. The molecule has 2 nitrogen and oxygen atoms in total. The monoisotopic (exact) mass is 212 g/mol. The summed E-state index contributed by atoms with van der Waals surface area (Å²) < 4.78 is 17.4. The molecule has 0 saturated heterocycles. The van der Waals surface area contributed by atoms with Gasteiger partial charge in [-0.25, -0.2) is 0 Å². The molecule has 3 heteroatoms. The first-order valence-electron chi connectivity index (χ1n) is 4.84. The summed E-state index contributed by atoms with van der Waals surface area (Å²) in [7, 11) is -2.51. The van der Waals surface area contributed by atoms with Gasteiger partial charge in [-0.1, -0.05) is 30.3 Å². The first kappa shape index (κ1) is 11.5. The van der Waals surface area contributed by atoms with E-state index in [4.69, 9.17) is 4.52 Å². The van der Waals surface area contributed by atoms with Crippen LogP contribution >= 0.6 is 7.37 Å². The van der Waals surface area contributed by atoms with Crippen LogP contribution in [0.15, 0.2) is 30.3 Å². The summed E-state index contributed by atoms with van der Waals surface area (Å²) in [6, 6.07) is 9.84. The Morgan fingerprint density at radius 3 is 2.43 bits per heavy atom. The van der Waals surface area contributed by atoms with E-state index < -0.39 is 7.37 Å². The standard InChI is InChI=1S/C11H17O2P/c1-4-13-14(3,12)10(2)11-8-6-5-7-9-11/h5-10H,4H2,1-3H3. The fourth-order valence-electron chi connectivity index (χ4n) is 1.37. The van der Waals surface area contributed by atoms with Gasteiger partial charge in [0, 0.05) is 6.66 Å². The second kappa shape index (κ2) is 4.77. The summed E-state index contributed by atoms with van der Waals surface area (Å²) >= 11 is 0. The van der Waals surface area contributed by atoms with Crippen LogP contribution in [0, 0.1) is 0 Å². The summed E-state index contributed by atoms with van der Waals surface area (Å²) in [6.07, 6.45) is 0. The second-order valence-corrected chi connectivity index (χ2v) is 6.26. The predicted molar refractivity (Wildman–Crippen MR) is 60.0 cm³/mol. The molecule has 0 heterocycles. The fraction of sp³-hybridized carbons (Fsp3) is 0.455. The van der Waals surface area contributed by atoms with Gasteiger partial charge in [-0.15, -0.1) is 0 Å². The van der Waals surface area contributed by atoms with Crippen molar-refractivity contribution >= 4 is 7.37 Å². The number of rotatable bonds is 4. The quantitative estimate of drug-likeness (QED) is 0.711. The number of hydrogen-bond donors (Lipinski definition) is 0. The molecule has 78 valence electrons. The van der Waals surface area contributed by atoms with E-state index >= 15 is 0 Å². The minimum absolute atomic E-state index is 0.0244. The minimum atomic E-state index is -2.51. The minimum Gasteiger partial charge on any atom is -0.329 e. The van der Waals surface area contributed by atoms with Crippen molar-refractivity contribution < 1.29 is 9.09 Å². The number of hydrogen-bond acceptors (Lipinski definition) is 2. The van der Waals surface area contributed by atoms with Gasteiger partial charge in [-0.3, -0.25) is 4.57 Å². The van der Waals surface area contributed by atoms with Crippen LogP contribution in [0.5, 0.6) is 0 Å². The highest BCUT2D eigenvalue weighted by Crippen LogP contribution is 2.56. The van der Waals surface area contributed by atoms with Gasteiger partial charge < -0.3 is 4.52 Å². The Balaban J connectivity index is 2.85. The molecular weight excluding hydrogens is 195 g/mol. The molecule has 0 aliphatic rings. The first-order valence-corrected chi connectivity index (χ1v) is 6.98. The van der Waals surface area contributed by atoms with E-state index in [1.54, 1.807) is 6.66 Å². The maximum atomic E-state index is 12.1. The van der Waals surface area contributed by atoms with Gasteiger partial charge in [0.25, 0.3) is 0 Å². The Morgan fingerprint density at radius 1 is 1.36 bits per heavy atom. The van der Waals surface area contributed by atoms with Crippen molar-refractivity contribution in [1.29, 1.82) is 0 Å². The highest BCUT2D eigenvalue weighted by molar-refractivity contribution is 7.58. The van der Waals surface area contributed by atoms with E-state index in [2.05, 4.69) is 0 Å². The molecule has 1 aromatic rings. The Morgan fingerprint density at radius 2 is 1.93 bits per heavy atom. The Bertz CT molecular complexity index is 321. The molecule has 0 saturated carbocycles. The van der Waals surface area contributed by atoms with E-state index in [-0.39, 0.29) is 5.66 Å². The maximum absolute atomic E-state index is 12.1. The van der Waals surface area contributed by atoms with Crippen LogP contribution in [0.25, 0.3) is 0 Å². The predicted octanol–water partition coefficient (Wildman–Crippen LogP) is 3.69. The summed E-state index contributed by atoms with van der Waals surface area (Å²) in [5.41, 5.74) is 1.05. The lowest BCUT2D eigenvalue weighted by Crippen LogP contribution is -1.98. The fourth-order valence-corrected chi connectivity index (χ4v) is 2.82. The molecule has 1 rings (SSSR count). The smallest absolute Gasteiger partial charge is 0.207 e. The van der Waals surface area contributed by atoms with Crippen LogP contribution in [0.1, 0.15) is 25.1 Å². The molecule has 0 aliphatic carbocycles. The molecule has 0 spiro atoms. The molecule has 0 N–H and O–H groups in total. The van der Waals surface area contributed by atoms with E-state index in [9.17, 15) is 4.57 Å². The molecule has 2 atom stereocenters. The van der Waals surface area contributed by atoms with Gasteiger partial charge in [-0.2, -0.15) is 0 Å². The highest BCUT2D eigenvalue weighted by Gasteiger charge is 2.25. The van der Waals surface area contributed by atoms with Crippen molar-refractivity contribution in [3.63, 3.8) is 0 Å². The van der Waals surface area contributed by atoms with E-state index in [0.29, 0.717) is 6.61 Å². The van der Waals surface area contributed by atoms with Gasteiger partial charge in [-0.05, 0) is 19.4 Å². The average Bonchev–Trinajstić information content (AvgIpc) is 2.18. The van der Waals surface area contributed by atoms with Crippen LogP contribution in [0.3, 0.4) is 0 Å². The second-order valence-electron chi connectivity index (χ2n) is 3.41. The van der Waals surface area contributed by atoms with E-state index in [0.717, 1.165) is 5.56 Å². The molecule has 0 bridgehead atoms. The zero-order valence-electron chi connectivity index (χ0n) is 8.93. The zero-order valence-corrected chi connectivity index (χ0v) is 9.83. The molecule has 0 fully saturated rings. The highest BCUT2D eigenvalue weighted by atomic mass is 31.2. The van der Waals surface area contributed by atoms with Crippen molar-refractivity contribution in [2.75, 3.05) is 13.3 Å². The van der Waals surface area contributed by atoms with Crippen LogP contribution < -0.4 is 0 Å². The van der Waals surface area contributed by atoms with Crippen LogP contribution in [0.2, 0.25) is 0 Å². The summed E-state index contributed by atoms with van der Waals surface area (Å²) in [5.74, 6) is 0. The van der Waals surface area contributed by atoms with E-state index in [1.165, 1.54) is 0 Å². The molecule has 2 unspecified atom stereocenters. The van der Waals surface area contributed by atoms with Crippen molar-refractivity contribution in [3.05, 3.63) is 35.9 Å². The lowest BCUT2D eigenvalue weighted by atomic mass is 10.2. The average molecular weight is 212 g/mol. The molecule has 0 amide bonds. The van der Waals surface area contributed by atoms with Gasteiger partial charge in [0.05, 0.1) is 12.3 Å². The molecule has 14 heavy (non-hydrogen) atoms. The van der Waals surface area contributed by atoms with E-state index in [1.807, 2.05) is 44.2 Å². The van der Waals surface area contributed by atoms with Crippen molar-refractivity contribution in [2.45, 2.75) is 19.5 Å². The molecule has 0 aromatic heterocycles. The van der Waals surface area contributed by atoms with Gasteiger partial charge in [0.1, 0.15) is 0 Å². The van der Waals surface area contributed by atoms with Crippen LogP contribution in [-0.2, 0) is 9.09 Å². The summed E-state index contributed by atoms with van der Waals surface area (Å²) in [4.78, 5) is 0. The molecular formula is C11H17O2P. The molecule has 1 aromatic carbocycles. The third-order valence-electron chi connectivity index (χ3n) is 2.37. The van der Waals surface area contributed by atoms with Gasteiger partial charge in [0.2, 0.25) is 7.37 Å². The normalized spacial score (nSPS) is 17.4. The third kappa shape index (κ3) is 2.70. The lowest BCUT2D eigenvalue weighted by Gasteiger charge is -2.20. The van der Waals surface area contributed by atoms with Crippen LogP contribution in [-0.4, -0.2) is 13.3 Å². The number of benzene rings is 1. The van der Waals surface area contributed by atoms with Gasteiger partial charge in [0.15, 0.2) is 0 Å². The Labute approximate surface area is 85.7 Å². The topological polar surface area (TPSA) is 26.3 Å². The molecule has 0 aliphatic heterocycles. The Kier molecular flexibility index (Phi) is 3.91. The first-order chi connectivity index (χ1) is 6.58. The summed E-state index contributed by atoms with van der Waals surface area (Å²) in [6.45, 7) is 6.03. The van der Waals surface area contributed by atoms with Gasteiger partial charge >= 0.3 is 0 Å². The van der Waals surface area contributed by atoms with Crippen LogP contribution in [0.4, 0.5) is 0 Å². The van der Waals surface area contributed by atoms with Crippen molar-refractivity contribution in [2.24, 2.45) is 0 Å². The lowest BCUT2D eigenvalue weighted by molar-refractivity contribution is 0.331. The largest absolute Gasteiger partial charge is 0.329 e. The van der Waals surface area contributed by atoms with Crippen molar-refractivity contribution in [3.8, 4) is 0 Å². The SMILES string of the molecule is CCOP(C)(=O)C(C)c1ccccc1.